The molecule has 24 heavy (non-hydrogen) atoms. The van der Waals surface area contributed by atoms with Crippen molar-refractivity contribution in [2.45, 2.75) is 13.0 Å². The molecule has 1 aliphatic heterocycles. The van der Waals surface area contributed by atoms with E-state index in [0.29, 0.717) is 18.7 Å². The SMILES string of the molecule is CC1C(=O)N(c2cccc(Br)c2)CCN1C(=O)c1ccc(Br)cc1. The van der Waals surface area contributed by atoms with Gasteiger partial charge >= 0.3 is 0 Å². The van der Waals surface area contributed by atoms with Crippen molar-refractivity contribution >= 4 is 49.4 Å². The predicted molar refractivity (Wildman–Crippen MR) is 101 cm³/mol. The van der Waals surface area contributed by atoms with Crippen LogP contribution in [0.3, 0.4) is 0 Å². The number of carbonyl (C=O) groups excluding carboxylic acids is 2. The van der Waals surface area contributed by atoms with Crippen molar-refractivity contribution in [2.24, 2.45) is 0 Å². The fourth-order valence-electron chi connectivity index (χ4n) is 2.81. The number of piperazine rings is 1. The Labute approximate surface area is 157 Å². The molecule has 0 N–H and O–H groups in total. The van der Waals surface area contributed by atoms with Crippen molar-refractivity contribution in [3.8, 4) is 0 Å². The molecule has 1 fully saturated rings. The molecule has 2 aromatic rings. The zero-order valence-corrected chi connectivity index (χ0v) is 16.2. The number of nitrogens with zero attached hydrogens (tertiary/aromatic N) is 2. The third-order valence-corrected chi connectivity index (χ3v) is 5.15. The monoisotopic (exact) mass is 450 g/mol. The van der Waals surface area contributed by atoms with Crippen LogP contribution in [0.5, 0.6) is 0 Å². The Morgan fingerprint density at radius 2 is 1.75 bits per heavy atom. The molecule has 0 aromatic heterocycles. The van der Waals surface area contributed by atoms with E-state index >= 15 is 0 Å². The van der Waals surface area contributed by atoms with E-state index in [0.717, 1.165) is 14.6 Å². The van der Waals surface area contributed by atoms with Gasteiger partial charge in [-0.15, -0.1) is 0 Å². The first-order valence-corrected chi connectivity index (χ1v) is 9.19. The van der Waals surface area contributed by atoms with Crippen LogP contribution in [0.2, 0.25) is 0 Å². The molecule has 124 valence electrons. The molecular formula is C18H16Br2N2O2. The van der Waals surface area contributed by atoms with E-state index in [1.54, 1.807) is 28.9 Å². The van der Waals surface area contributed by atoms with Crippen molar-refractivity contribution in [1.82, 2.24) is 4.90 Å². The van der Waals surface area contributed by atoms with Crippen LogP contribution in [0.25, 0.3) is 0 Å². The van der Waals surface area contributed by atoms with Crippen molar-refractivity contribution in [2.75, 3.05) is 18.0 Å². The average Bonchev–Trinajstić information content (AvgIpc) is 2.57. The van der Waals surface area contributed by atoms with Crippen molar-refractivity contribution in [3.05, 3.63) is 63.0 Å². The van der Waals surface area contributed by atoms with E-state index in [4.69, 9.17) is 0 Å². The van der Waals surface area contributed by atoms with Gasteiger partial charge in [0.05, 0.1) is 0 Å². The maximum atomic E-state index is 12.7. The number of benzene rings is 2. The Morgan fingerprint density at radius 1 is 1.04 bits per heavy atom. The highest BCUT2D eigenvalue weighted by atomic mass is 79.9. The van der Waals surface area contributed by atoms with Crippen LogP contribution in [0.1, 0.15) is 17.3 Å². The van der Waals surface area contributed by atoms with Crippen molar-refractivity contribution in [3.63, 3.8) is 0 Å². The molecule has 1 atom stereocenters. The van der Waals surface area contributed by atoms with E-state index in [1.807, 2.05) is 36.4 Å². The second kappa shape index (κ2) is 7.07. The predicted octanol–water partition coefficient (Wildman–Crippen LogP) is 4.09. The number of amides is 2. The number of carbonyl (C=O) groups is 2. The van der Waals surface area contributed by atoms with Crippen LogP contribution in [0.15, 0.2) is 57.5 Å². The zero-order chi connectivity index (χ0) is 17.3. The first kappa shape index (κ1) is 17.2. The van der Waals surface area contributed by atoms with Gasteiger partial charge in [0.2, 0.25) is 5.91 Å². The lowest BCUT2D eigenvalue weighted by molar-refractivity contribution is -0.124. The molecule has 0 aliphatic carbocycles. The van der Waals surface area contributed by atoms with Gasteiger partial charge in [-0.1, -0.05) is 37.9 Å². The summed E-state index contributed by atoms with van der Waals surface area (Å²) in [5, 5.41) is 0. The van der Waals surface area contributed by atoms with Crippen LogP contribution in [-0.2, 0) is 4.79 Å². The fourth-order valence-corrected chi connectivity index (χ4v) is 3.46. The van der Waals surface area contributed by atoms with Gasteiger partial charge in [0.15, 0.2) is 0 Å². The molecule has 0 saturated carbocycles. The minimum absolute atomic E-state index is 0.0650. The van der Waals surface area contributed by atoms with Crippen LogP contribution in [-0.4, -0.2) is 35.8 Å². The van der Waals surface area contributed by atoms with Crippen molar-refractivity contribution in [1.29, 1.82) is 0 Å². The normalized spacial score (nSPS) is 18.0. The summed E-state index contributed by atoms with van der Waals surface area (Å²) in [7, 11) is 0. The van der Waals surface area contributed by atoms with Crippen LogP contribution in [0, 0.1) is 0 Å². The Morgan fingerprint density at radius 3 is 2.42 bits per heavy atom. The number of halogens is 2. The second-order valence-corrected chi connectivity index (χ2v) is 7.48. The fraction of sp³-hybridized carbons (Fsp3) is 0.222. The van der Waals surface area contributed by atoms with Crippen LogP contribution < -0.4 is 4.90 Å². The Bertz CT molecular complexity index is 777. The lowest BCUT2D eigenvalue weighted by atomic mass is 10.1. The third kappa shape index (κ3) is 3.39. The Balaban J connectivity index is 1.79. The summed E-state index contributed by atoms with van der Waals surface area (Å²) in [5.74, 6) is -0.179. The smallest absolute Gasteiger partial charge is 0.254 e. The standard InChI is InChI=1S/C18H16Br2N2O2/c1-12-17(23)22(16-4-2-3-15(20)11-16)10-9-21(12)18(24)13-5-7-14(19)8-6-13/h2-8,11-12H,9-10H2,1H3. The summed E-state index contributed by atoms with van der Waals surface area (Å²) in [6.45, 7) is 2.78. The molecule has 2 aromatic carbocycles. The molecule has 4 nitrogen and oxygen atoms in total. The summed E-state index contributed by atoms with van der Waals surface area (Å²) >= 11 is 6.79. The number of hydrogen-bond acceptors (Lipinski definition) is 2. The number of rotatable bonds is 2. The summed E-state index contributed by atoms with van der Waals surface area (Å²) in [6.07, 6.45) is 0. The van der Waals surface area contributed by atoms with Gasteiger partial charge in [-0.25, -0.2) is 0 Å². The van der Waals surface area contributed by atoms with E-state index in [9.17, 15) is 9.59 Å². The molecule has 0 spiro atoms. The molecular weight excluding hydrogens is 436 g/mol. The highest BCUT2D eigenvalue weighted by Gasteiger charge is 2.35. The molecule has 1 heterocycles. The summed E-state index contributed by atoms with van der Waals surface area (Å²) in [6, 6.07) is 14.3. The lowest BCUT2D eigenvalue weighted by Crippen LogP contribution is -2.57. The zero-order valence-electron chi connectivity index (χ0n) is 13.1. The summed E-state index contributed by atoms with van der Waals surface area (Å²) in [5.41, 5.74) is 1.44. The minimum Gasteiger partial charge on any atom is -0.325 e. The van der Waals surface area contributed by atoms with Gasteiger partial charge < -0.3 is 9.80 Å². The van der Waals surface area contributed by atoms with E-state index in [2.05, 4.69) is 31.9 Å². The average molecular weight is 452 g/mol. The largest absolute Gasteiger partial charge is 0.325 e. The molecule has 1 aliphatic rings. The molecule has 6 heteroatoms. The molecule has 0 radical (unpaired) electrons. The van der Waals surface area contributed by atoms with Gasteiger partial charge in [-0.3, -0.25) is 9.59 Å². The lowest BCUT2D eigenvalue weighted by Gasteiger charge is -2.39. The van der Waals surface area contributed by atoms with Gasteiger partial charge in [-0.2, -0.15) is 0 Å². The number of hydrogen-bond donors (Lipinski definition) is 0. The first-order valence-electron chi connectivity index (χ1n) is 7.61. The topological polar surface area (TPSA) is 40.6 Å². The van der Waals surface area contributed by atoms with Gasteiger partial charge in [0.1, 0.15) is 6.04 Å². The second-order valence-electron chi connectivity index (χ2n) is 5.65. The highest BCUT2D eigenvalue weighted by Crippen LogP contribution is 2.24. The van der Waals surface area contributed by atoms with E-state index in [-0.39, 0.29) is 11.8 Å². The third-order valence-electron chi connectivity index (χ3n) is 4.13. The van der Waals surface area contributed by atoms with Gasteiger partial charge in [0, 0.05) is 33.3 Å². The maximum absolute atomic E-state index is 12.7. The molecule has 1 saturated heterocycles. The highest BCUT2D eigenvalue weighted by molar-refractivity contribution is 9.10. The Hall–Kier alpha value is -1.66. The van der Waals surface area contributed by atoms with Crippen molar-refractivity contribution < 1.29 is 9.59 Å². The van der Waals surface area contributed by atoms with E-state index in [1.165, 1.54) is 0 Å². The molecule has 0 bridgehead atoms. The van der Waals surface area contributed by atoms with E-state index < -0.39 is 6.04 Å². The molecule has 2 amide bonds. The molecule has 3 rings (SSSR count). The summed E-state index contributed by atoms with van der Waals surface area (Å²) in [4.78, 5) is 28.8. The summed E-state index contributed by atoms with van der Waals surface area (Å²) < 4.78 is 1.84. The quantitative estimate of drug-likeness (QED) is 0.689. The van der Waals surface area contributed by atoms with Gasteiger partial charge in [0.25, 0.3) is 5.91 Å². The maximum Gasteiger partial charge on any atom is 0.254 e. The van der Waals surface area contributed by atoms with Crippen LogP contribution >= 0.6 is 31.9 Å². The minimum atomic E-state index is -0.492. The molecule has 1 unspecified atom stereocenters. The Kier molecular flexibility index (Phi) is 5.06. The number of anilines is 1. The van der Waals surface area contributed by atoms with Crippen LogP contribution in [0.4, 0.5) is 5.69 Å². The van der Waals surface area contributed by atoms with Gasteiger partial charge in [-0.05, 0) is 49.4 Å². The first-order chi connectivity index (χ1) is 11.5.